The number of nitrogens with zero attached hydrogens (tertiary/aromatic N) is 1. The first kappa shape index (κ1) is 19.8. The summed E-state index contributed by atoms with van der Waals surface area (Å²) in [5.41, 5.74) is 2.06. The number of hydrogen-bond donors (Lipinski definition) is 1. The molecule has 0 radical (unpaired) electrons. The lowest BCUT2D eigenvalue weighted by atomic mass is 10.0. The van der Waals surface area contributed by atoms with E-state index in [9.17, 15) is 9.18 Å². The van der Waals surface area contributed by atoms with Crippen molar-refractivity contribution in [3.63, 3.8) is 0 Å². The van der Waals surface area contributed by atoms with Gasteiger partial charge in [0.2, 0.25) is 0 Å². The summed E-state index contributed by atoms with van der Waals surface area (Å²) in [6.07, 6.45) is 3.54. The van der Waals surface area contributed by atoms with Crippen LogP contribution in [-0.2, 0) is 7.05 Å². The summed E-state index contributed by atoms with van der Waals surface area (Å²) in [5, 5.41) is 0.799. The first-order chi connectivity index (χ1) is 14.0. The molecule has 0 unspecified atom stereocenters. The van der Waals surface area contributed by atoms with Crippen LogP contribution in [0.2, 0.25) is 0 Å². The zero-order chi connectivity index (χ0) is 20.5. The van der Waals surface area contributed by atoms with Gasteiger partial charge in [-0.25, -0.2) is 4.39 Å². The molecule has 0 spiro atoms. The van der Waals surface area contributed by atoms with Gasteiger partial charge in [-0.2, -0.15) is 0 Å². The summed E-state index contributed by atoms with van der Waals surface area (Å²) in [6, 6.07) is 12.4. The molecule has 1 N–H and O–H groups in total. The van der Waals surface area contributed by atoms with E-state index in [1.54, 1.807) is 43.3 Å². The second-order valence-corrected chi connectivity index (χ2v) is 8.75. The van der Waals surface area contributed by atoms with Crippen LogP contribution in [0.15, 0.2) is 69.0 Å². The summed E-state index contributed by atoms with van der Waals surface area (Å²) < 4.78 is 22.5. The third-order valence-corrected chi connectivity index (χ3v) is 5.93. The Morgan fingerprint density at radius 3 is 2.69 bits per heavy atom. The van der Waals surface area contributed by atoms with E-state index in [4.69, 9.17) is 4.74 Å². The molecule has 148 valence electrons. The molecule has 0 aliphatic heterocycles. The van der Waals surface area contributed by atoms with Gasteiger partial charge in [-0.15, -0.1) is 11.8 Å². The average molecular weight is 473 g/mol. The number of hydrogen-bond acceptors (Lipinski definition) is 3. The van der Waals surface area contributed by atoms with Gasteiger partial charge in [-0.3, -0.25) is 4.79 Å². The van der Waals surface area contributed by atoms with Crippen LogP contribution >= 0.6 is 27.7 Å². The maximum atomic E-state index is 14.4. The number of aromatic nitrogens is 2. The predicted molar refractivity (Wildman–Crippen MR) is 120 cm³/mol. The molecular weight excluding hydrogens is 455 g/mol. The molecule has 0 saturated carbocycles. The average Bonchev–Trinajstić information content (AvgIpc) is 3.18. The minimum atomic E-state index is -0.454. The number of benzene rings is 2. The zero-order valence-electron chi connectivity index (χ0n) is 15.8. The van der Waals surface area contributed by atoms with Gasteiger partial charge >= 0.3 is 0 Å². The lowest BCUT2D eigenvalue weighted by Gasteiger charge is -2.15. The molecule has 4 nitrogen and oxygen atoms in total. The summed E-state index contributed by atoms with van der Waals surface area (Å²) in [7, 11) is 1.71. The number of thioether (sulfide) groups is 1. The van der Waals surface area contributed by atoms with E-state index < -0.39 is 5.82 Å². The standard InChI is InChI=1S/C22H18BrFN2O2S/c1-3-29-14-5-7-19(28-20-6-4-13(23)10-18(20)24)16(11-14)17-12-26(2)22(27)21-15(17)8-9-25-21/h4-12,25H,3H2,1-2H3. The number of fused-ring (bicyclic) bond motifs is 1. The first-order valence-corrected chi connectivity index (χ1v) is 10.8. The highest BCUT2D eigenvalue weighted by atomic mass is 79.9. The third-order valence-electron chi connectivity index (χ3n) is 4.56. The summed E-state index contributed by atoms with van der Waals surface area (Å²) >= 11 is 4.97. The summed E-state index contributed by atoms with van der Waals surface area (Å²) in [6.45, 7) is 2.09. The van der Waals surface area contributed by atoms with Gasteiger partial charge < -0.3 is 14.3 Å². The van der Waals surface area contributed by atoms with Gasteiger partial charge in [0.05, 0.1) is 0 Å². The fraction of sp³-hybridized carbons (Fsp3) is 0.136. The van der Waals surface area contributed by atoms with Crippen LogP contribution in [0.25, 0.3) is 22.0 Å². The smallest absolute Gasteiger partial charge is 0.274 e. The van der Waals surface area contributed by atoms with E-state index in [0.29, 0.717) is 15.7 Å². The second-order valence-electron chi connectivity index (χ2n) is 6.49. The van der Waals surface area contributed by atoms with Crippen molar-refractivity contribution >= 4 is 38.6 Å². The molecule has 0 atom stereocenters. The quantitative estimate of drug-likeness (QED) is 0.344. The van der Waals surface area contributed by atoms with Gasteiger partial charge in [-0.1, -0.05) is 22.9 Å². The maximum absolute atomic E-state index is 14.4. The van der Waals surface area contributed by atoms with Crippen molar-refractivity contribution in [2.75, 3.05) is 5.75 Å². The number of aromatic amines is 1. The zero-order valence-corrected chi connectivity index (χ0v) is 18.2. The topological polar surface area (TPSA) is 47.0 Å². The fourth-order valence-corrected chi connectivity index (χ4v) is 4.26. The van der Waals surface area contributed by atoms with Crippen LogP contribution in [0.5, 0.6) is 11.5 Å². The van der Waals surface area contributed by atoms with Crippen LogP contribution in [0, 0.1) is 5.82 Å². The molecule has 2 aromatic carbocycles. The minimum absolute atomic E-state index is 0.103. The van der Waals surface area contributed by atoms with E-state index in [-0.39, 0.29) is 11.3 Å². The van der Waals surface area contributed by atoms with Crippen molar-refractivity contribution in [3.8, 4) is 22.6 Å². The highest BCUT2D eigenvalue weighted by Gasteiger charge is 2.16. The molecule has 7 heteroatoms. The van der Waals surface area contributed by atoms with Crippen molar-refractivity contribution in [3.05, 3.63) is 75.5 Å². The lowest BCUT2D eigenvalue weighted by Crippen LogP contribution is -2.16. The molecule has 0 aliphatic carbocycles. The molecule has 0 saturated heterocycles. The van der Waals surface area contributed by atoms with E-state index >= 15 is 0 Å². The van der Waals surface area contributed by atoms with E-state index in [1.807, 2.05) is 24.3 Å². The van der Waals surface area contributed by atoms with Gasteiger partial charge in [-0.05, 0) is 48.2 Å². The molecule has 0 fully saturated rings. The van der Waals surface area contributed by atoms with Crippen LogP contribution in [0.3, 0.4) is 0 Å². The fourth-order valence-electron chi connectivity index (χ4n) is 3.23. The van der Waals surface area contributed by atoms with Crippen molar-refractivity contribution < 1.29 is 9.13 Å². The number of H-pyrrole nitrogens is 1. The second kappa shape index (κ2) is 8.08. The SMILES string of the molecule is CCSc1ccc(Oc2ccc(Br)cc2F)c(-c2cn(C)c(=O)c3[nH]ccc23)c1. The van der Waals surface area contributed by atoms with E-state index in [0.717, 1.165) is 27.2 Å². The van der Waals surface area contributed by atoms with E-state index in [1.165, 1.54) is 10.6 Å². The summed E-state index contributed by atoms with van der Waals surface area (Å²) in [4.78, 5) is 16.5. The number of halogens is 2. The number of ether oxygens (including phenoxy) is 1. The molecular formula is C22H18BrFN2O2S. The van der Waals surface area contributed by atoms with Gasteiger partial charge in [0.1, 0.15) is 11.3 Å². The Kier molecular flexibility index (Phi) is 5.52. The molecule has 29 heavy (non-hydrogen) atoms. The Balaban J connectivity index is 1.92. The van der Waals surface area contributed by atoms with Crippen LogP contribution < -0.4 is 10.3 Å². The normalized spacial score (nSPS) is 11.2. The number of aryl methyl sites for hydroxylation is 1. The molecule has 0 amide bonds. The highest BCUT2D eigenvalue weighted by molar-refractivity contribution is 9.10. The molecule has 2 heterocycles. The Morgan fingerprint density at radius 1 is 1.14 bits per heavy atom. The van der Waals surface area contributed by atoms with Gasteiger partial charge in [0, 0.05) is 45.3 Å². The summed E-state index contributed by atoms with van der Waals surface area (Å²) in [5.74, 6) is 1.13. The Labute approximate surface area is 179 Å². The Morgan fingerprint density at radius 2 is 1.93 bits per heavy atom. The first-order valence-electron chi connectivity index (χ1n) is 9.04. The van der Waals surface area contributed by atoms with Gasteiger partial charge in [0.15, 0.2) is 11.6 Å². The Hall–Kier alpha value is -2.51. The number of rotatable bonds is 5. The minimum Gasteiger partial charge on any atom is -0.454 e. The lowest BCUT2D eigenvalue weighted by molar-refractivity contribution is 0.443. The van der Waals surface area contributed by atoms with Crippen molar-refractivity contribution in [2.45, 2.75) is 11.8 Å². The largest absolute Gasteiger partial charge is 0.454 e. The molecule has 4 rings (SSSR count). The molecule has 0 aliphatic rings. The van der Waals surface area contributed by atoms with Crippen molar-refractivity contribution in [1.82, 2.24) is 9.55 Å². The molecule has 2 aromatic heterocycles. The number of pyridine rings is 1. The molecule has 4 aromatic rings. The van der Waals surface area contributed by atoms with Gasteiger partial charge in [0.25, 0.3) is 5.56 Å². The van der Waals surface area contributed by atoms with E-state index in [2.05, 4.69) is 27.8 Å². The highest BCUT2D eigenvalue weighted by Crippen LogP contribution is 2.39. The van der Waals surface area contributed by atoms with Crippen LogP contribution in [0.1, 0.15) is 6.92 Å². The monoisotopic (exact) mass is 472 g/mol. The van der Waals surface area contributed by atoms with Crippen molar-refractivity contribution in [2.24, 2.45) is 7.05 Å². The maximum Gasteiger partial charge on any atom is 0.274 e. The van der Waals surface area contributed by atoms with Crippen molar-refractivity contribution in [1.29, 1.82) is 0 Å². The van der Waals surface area contributed by atoms with Crippen LogP contribution in [0.4, 0.5) is 4.39 Å². The van der Waals surface area contributed by atoms with Crippen LogP contribution in [-0.4, -0.2) is 15.3 Å². The predicted octanol–water partition coefficient (Wildman–Crippen LogP) is 6.34. The number of nitrogens with one attached hydrogen (secondary N) is 1. The molecule has 0 bridgehead atoms. The third kappa shape index (κ3) is 3.84. The Bertz CT molecular complexity index is 1270.